The van der Waals surface area contributed by atoms with Crippen LogP contribution in [0.5, 0.6) is 0 Å². The normalized spacial score (nSPS) is 15.5. The first-order valence-electron chi connectivity index (χ1n) is 8.65. The third-order valence-corrected chi connectivity index (χ3v) is 4.30. The molecule has 116 valence electrons. The Morgan fingerprint density at radius 3 is 1.50 bits per heavy atom. The van der Waals surface area contributed by atoms with Crippen molar-refractivity contribution >= 4 is 6.19 Å². The molecular weight excluding hydrogens is 316 g/mol. The van der Waals surface area contributed by atoms with E-state index in [1.54, 1.807) is 22.3 Å². The Hall–Kier alpha value is -0.369. The molecule has 2 aromatic carbocycles. The first kappa shape index (κ1) is 18.0. The van der Waals surface area contributed by atoms with Gasteiger partial charge in [-0.1, -0.05) is 51.4 Å². The van der Waals surface area contributed by atoms with E-state index in [1.165, 1.54) is 51.4 Å². The van der Waals surface area contributed by atoms with Crippen molar-refractivity contribution in [2.45, 2.75) is 64.5 Å². The van der Waals surface area contributed by atoms with Crippen molar-refractivity contribution in [3.63, 3.8) is 0 Å². The standard InChI is InChI=1S/2C9H11.C2H6Si.Ti/c2*1-2-5-9-7-3-6-8(9)4-1;1-3-2;/h2*3,6-7H,1-2,4-5H2;1-2H3;/q2*-1;;+2. The second-order valence-corrected chi connectivity index (χ2v) is 13.3. The third kappa shape index (κ3) is 6.02. The number of aryl methyl sites for hydroxylation is 4. The smallest absolute Gasteiger partial charge is 0.0512 e. The molecule has 0 heterocycles. The van der Waals surface area contributed by atoms with E-state index in [1.807, 2.05) is 0 Å². The molecule has 22 heavy (non-hydrogen) atoms. The molecule has 0 aliphatic heterocycles. The molecule has 0 bridgehead atoms. The van der Waals surface area contributed by atoms with Crippen LogP contribution in [0.25, 0.3) is 0 Å². The molecule has 0 unspecified atom stereocenters. The molecule has 4 rings (SSSR count). The van der Waals surface area contributed by atoms with E-state index in [4.69, 9.17) is 0 Å². The largest absolute Gasteiger partial charge is 0.210 e. The van der Waals surface area contributed by atoms with E-state index < -0.39 is 0 Å². The van der Waals surface area contributed by atoms with Crippen LogP contribution in [0.1, 0.15) is 47.9 Å². The summed E-state index contributed by atoms with van der Waals surface area (Å²) >= 11 is 2.27. The van der Waals surface area contributed by atoms with Gasteiger partial charge in [0.05, 0.1) is 0 Å². The molecule has 0 fully saturated rings. The molecule has 2 aromatic rings. The summed E-state index contributed by atoms with van der Waals surface area (Å²) in [6, 6.07) is 13.4. The molecule has 0 saturated carbocycles. The van der Waals surface area contributed by atoms with Crippen LogP contribution in [-0.2, 0) is 44.9 Å². The first-order chi connectivity index (χ1) is 10.7. The van der Waals surface area contributed by atoms with Crippen LogP contribution in [0.3, 0.4) is 0 Å². The van der Waals surface area contributed by atoms with Gasteiger partial charge >= 0.3 is 38.5 Å². The minimum absolute atomic E-state index is 0.120. The van der Waals surface area contributed by atoms with E-state index in [2.05, 4.69) is 68.7 Å². The van der Waals surface area contributed by atoms with Crippen molar-refractivity contribution < 1.29 is 19.2 Å². The van der Waals surface area contributed by atoms with Crippen molar-refractivity contribution in [2.75, 3.05) is 0 Å². The second-order valence-electron chi connectivity index (χ2n) is 6.57. The number of fused-ring (bicyclic) bond motifs is 2. The topological polar surface area (TPSA) is 0 Å². The predicted octanol–water partition coefficient (Wildman–Crippen LogP) is 5.35. The van der Waals surface area contributed by atoms with Crippen molar-refractivity contribution in [1.82, 2.24) is 0 Å². The maximum absolute atomic E-state index is 2.27. The van der Waals surface area contributed by atoms with Crippen molar-refractivity contribution in [3.8, 4) is 0 Å². The monoisotopic (exact) mass is 344 g/mol. The maximum atomic E-state index is 2.27. The van der Waals surface area contributed by atoms with E-state index >= 15 is 0 Å². The summed E-state index contributed by atoms with van der Waals surface area (Å²) in [5.41, 5.74) is 6.39. The quantitative estimate of drug-likeness (QED) is 0.446. The minimum Gasteiger partial charge on any atom is -0.210 e. The molecule has 0 saturated heterocycles. The van der Waals surface area contributed by atoms with Gasteiger partial charge in [-0.2, -0.15) is 46.5 Å². The molecule has 2 aliphatic rings. The van der Waals surface area contributed by atoms with Crippen LogP contribution < -0.4 is 0 Å². The van der Waals surface area contributed by atoms with Gasteiger partial charge in [0.2, 0.25) is 0 Å². The summed E-state index contributed by atoms with van der Waals surface area (Å²) in [4.78, 5) is 0. The van der Waals surface area contributed by atoms with Gasteiger partial charge in [-0.3, -0.25) is 0 Å². The molecular formula is C20H28SiTi. The molecule has 0 atom stereocenters. The summed E-state index contributed by atoms with van der Waals surface area (Å²) in [6.07, 6.45) is 11.0. The molecule has 0 amide bonds. The Balaban J connectivity index is 0.000000131. The predicted molar refractivity (Wildman–Crippen MR) is 94.8 cm³/mol. The summed E-state index contributed by atoms with van der Waals surface area (Å²) in [5.74, 6) is 0. The third-order valence-electron chi connectivity index (χ3n) is 4.30. The van der Waals surface area contributed by atoms with E-state index in [-0.39, 0.29) is 6.19 Å². The van der Waals surface area contributed by atoms with Crippen molar-refractivity contribution in [2.24, 2.45) is 0 Å². The molecule has 0 aromatic heterocycles. The molecule has 0 N–H and O–H groups in total. The molecule has 0 nitrogen and oxygen atoms in total. The van der Waals surface area contributed by atoms with E-state index in [0.717, 1.165) is 0 Å². The van der Waals surface area contributed by atoms with Gasteiger partial charge in [-0.25, -0.2) is 12.1 Å². The van der Waals surface area contributed by atoms with Gasteiger partial charge in [-0.05, 0) is 0 Å². The van der Waals surface area contributed by atoms with Gasteiger partial charge < -0.3 is 0 Å². The molecule has 2 heteroatoms. The fraction of sp³-hybridized carbons (Fsp3) is 0.500. The Labute approximate surface area is 148 Å². The Morgan fingerprint density at radius 1 is 0.773 bits per heavy atom. The second kappa shape index (κ2) is 9.70. The fourth-order valence-electron chi connectivity index (χ4n) is 3.23. The van der Waals surface area contributed by atoms with Crippen LogP contribution in [0.2, 0.25) is 13.1 Å². The summed E-state index contributed by atoms with van der Waals surface area (Å²) in [5, 5.41) is 0. The fourth-order valence-corrected chi connectivity index (χ4v) is 3.23. The molecule has 0 radical (unpaired) electrons. The Kier molecular flexibility index (Phi) is 7.93. The van der Waals surface area contributed by atoms with Gasteiger partial charge in [0.25, 0.3) is 0 Å². The molecule has 2 aliphatic carbocycles. The maximum Gasteiger partial charge on any atom is -0.0512 e. The Morgan fingerprint density at radius 2 is 1.14 bits per heavy atom. The van der Waals surface area contributed by atoms with E-state index in [9.17, 15) is 0 Å². The average molecular weight is 344 g/mol. The average Bonchev–Trinajstić information content (AvgIpc) is 3.16. The van der Waals surface area contributed by atoms with E-state index in [0.29, 0.717) is 0 Å². The minimum atomic E-state index is 0.120. The van der Waals surface area contributed by atoms with Gasteiger partial charge in [-0.15, -0.1) is 0 Å². The number of hydrogen-bond donors (Lipinski definition) is 0. The van der Waals surface area contributed by atoms with Crippen molar-refractivity contribution in [3.05, 3.63) is 58.7 Å². The van der Waals surface area contributed by atoms with Gasteiger partial charge in [0.1, 0.15) is 0 Å². The first-order valence-corrected chi connectivity index (χ1v) is 13.5. The van der Waals surface area contributed by atoms with Gasteiger partial charge in [0, 0.05) is 0 Å². The SMILES string of the molecule is C[Si](C)=[Ti+2].c1cc2c([cH-]1)CCCC2.c1cc2c([cH-]1)CCCC2. The zero-order chi connectivity index (χ0) is 15.8. The molecule has 0 spiro atoms. The number of rotatable bonds is 0. The van der Waals surface area contributed by atoms with Crippen LogP contribution in [0, 0.1) is 0 Å². The summed E-state index contributed by atoms with van der Waals surface area (Å²) in [6.45, 7) is 4.54. The Bertz CT molecular complexity index is 485. The zero-order valence-electron chi connectivity index (χ0n) is 14.1. The number of hydrogen-bond acceptors (Lipinski definition) is 0. The van der Waals surface area contributed by atoms with Crippen LogP contribution in [-0.4, -0.2) is 6.19 Å². The summed E-state index contributed by atoms with van der Waals surface area (Å²) < 4.78 is 0. The van der Waals surface area contributed by atoms with Gasteiger partial charge in [0.15, 0.2) is 0 Å². The zero-order valence-corrected chi connectivity index (χ0v) is 16.7. The van der Waals surface area contributed by atoms with Crippen LogP contribution >= 0.6 is 0 Å². The van der Waals surface area contributed by atoms with Crippen molar-refractivity contribution in [1.29, 1.82) is 0 Å². The van der Waals surface area contributed by atoms with Crippen LogP contribution in [0.4, 0.5) is 0 Å². The summed E-state index contributed by atoms with van der Waals surface area (Å²) in [7, 11) is 0. The van der Waals surface area contributed by atoms with Crippen LogP contribution in [0.15, 0.2) is 36.4 Å².